The lowest BCUT2D eigenvalue weighted by molar-refractivity contribution is 1.14. The maximum atomic E-state index is 4.35. The summed E-state index contributed by atoms with van der Waals surface area (Å²) in [5.74, 6) is 0.668. The molecule has 1 N–H and O–H groups in total. The van der Waals surface area contributed by atoms with Crippen LogP contribution in [0.15, 0.2) is 24.4 Å². The Morgan fingerprint density at radius 1 is 1.36 bits per heavy atom. The van der Waals surface area contributed by atoms with Crippen molar-refractivity contribution in [2.75, 3.05) is 12.4 Å². The van der Waals surface area contributed by atoms with E-state index in [9.17, 15) is 0 Å². The van der Waals surface area contributed by atoms with Gasteiger partial charge >= 0.3 is 0 Å². The van der Waals surface area contributed by atoms with Crippen LogP contribution in [-0.4, -0.2) is 17.0 Å². The van der Waals surface area contributed by atoms with E-state index in [1.54, 1.807) is 0 Å². The highest BCUT2D eigenvalue weighted by atomic mass is 15.1. The molecule has 0 amide bonds. The Bertz CT molecular complexity index is 408. The molecule has 3 nitrogen and oxygen atoms in total. The largest absolute Gasteiger partial charge is 0.357 e. The van der Waals surface area contributed by atoms with Crippen LogP contribution in [0.3, 0.4) is 0 Å². The predicted molar refractivity (Wildman–Crippen MR) is 58.5 cm³/mol. The topological polar surface area (TPSA) is 37.8 Å². The smallest absolute Gasteiger partial charge is 0.222 e. The molecule has 0 radical (unpaired) electrons. The number of hydrogen-bond donors (Lipinski definition) is 1. The van der Waals surface area contributed by atoms with Crippen molar-refractivity contribution in [3.05, 3.63) is 30.0 Å². The minimum atomic E-state index is 0.668. The summed E-state index contributed by atoms with van der Waals surface area (Å²) in [6, 6.07) is 6.28. The molecule has 2 aromatic rings. The number of nitrogens with zero attached hydrogens (tertiary/aromatic N) is 2. The average Bonchev–Trinajstić information content (AvgIpc) is 2.27. The molecule has 0 bridgehead atoms. The molecule has 0 saturated carbocycles. The number of rotatable bonds is 2. The Morgan fingerprint density at radius 2 is 2.21 bits per heavy atom. The molecule has 1 aromatic carbocycles. The first kappa shape index (κ1) is 8.94. The van der Waals surface area contributed by atoms with Gasteiger partial charge in [-0.3, -0.25) is 0 Å². The van der Waals surface area contributed by atoms with Crippen LogP contribution in [0.1, 0.15) is 12.5 Å². The summed E-state index contributed by atoms with van der Waals surface area (Å²) < 4.78 is 0. The lowest BCUT2D eigenvalue weighted by Crippen LogP contribution is -1.95. The first-order chi connectivity index (χ1) is 6.83. The van der Waals surface area contributed by atoms with Crippen LogP contribution in [0.25, 0.3) is 10.9 Å². The lowest BCUT2D eigenvalue weighted by Gasteiger charge is -2.02. The molecule has 72 valence electrons. The van der Waals surface area contributed by atoms with Gasteiger partial charge in [0.05, 0.1) is 5.52 Å². The molecule has 0 fully saturated rings. The van der Waals surface area contributed by atoms with Crippen LogP contribution < -0.4 is 5.32 Å². The zero-order chi connectivity index (χ0) is 9.97. The molecule has 2 rings (SSSR count). The van der Waals surface area contributed by atoms with E-state index in [-0.39, 0.29) is 0 Å². The number of aromatic nitrogens is 2. The van der Waals surface area contributed by atoms with Gasteiger partial charge in [0.15, 0.2) is 0 Å². The fourth-order valence-electron chi connectivity index (χ4n) is 1.42. The van der Waals surface area contributed by atoms with Crippen LogP contribution in [0, 0.1) is 0 Å². The van der Waals surface area contributed by atoms with Crippen molar-refractivity contribution in [2.24, 2.45) is 0 Å². The van der Waals surface area contributed by atoms with E-state index in [0.717, 1.165) is 17.3 Å². The Balaban J connectivity index is 2.57. The fourth-order valence-corrected chi connectivity index (χ4v) is 1.42. The molecule has 0 aliphatic heterocycles. The number of nitrogens with one attached hydrogen (secondary N) is 1. The third-order valence-corrected chi connectivity index (χ3v) is 2.28. The SMILES string of the molecule is CCc1ccc2nc(NC)ncc2c1. The molecule has 3 heteroatoms. The minimum absolute atomic E-state index is 0.668. The molecule has 0 aliphatic rings. The summed E-state index contributed by atoms with van der Waals surface area (Å²) >= 11 is 0. The van der Waals surface area contributed by atoms with Gasteiger partial charge < -0.3 is 5.32 Å². The summed E-state index contributed by atoms with van der Waals surface area (Å²) in [5, 5.41) is 4.03. The molecular weight excluding hydrogens is 174 g/mol. The number of anilines is 1. The Hall–Kier alpha value is -1.64. The summed E-state index contributed by atoms with van der Waals surface area (Å²) in [5.41, 5.74) is 2.31. The van der Waals surface area contributed by atoms with E-state index in [1.165, 1.54) is 5.56 Å². The van der Waals surface area contributed by atoms with Crippen molar-refractivity contribution in [3.63, 3.8) is 0 Å². The van der Waals surface area contributed by atoms with Crippen LogP contribution in [-0.2, 0) is 6.42 Å². The van der Waals surface area contributed by atoms with Gasteiger partial charge in [-0.15, -0.1) is 0 Å². The van der Waals surface area contributed by atoms with Crippen LogP contribution >= 0.6 is 0 Å². The monoisotopic (exact) mass is 187 g/mol. The van der Waals surface area contributed by atoms with Gasteiger partial charge in [0.1, 0.15) is 0 Å². The van der Waals surface area contributed by atoms with Crippen LogP contribution in [0.2, 0.25) is 0 Å². The van der Waals surface area contributed by atoms with Crippen molar-refractivity contribution < 1.29 is 0 Å². The first-order valence-corrected chi connectivity index (χ1v) is 4.77. The van der Waals surface area contributed by atoms with Gasteiger partial charge in [-0.1, -0.05) is 13.0 Å². The molecule has 0 spiro atoms. The maximum Gasteiger partial charge on any atom is 0.222 e. The number of hydrogen-bond acceptors (Lipinski definition) is 3. The zero-order valence-corrected chi connectivity index (χ0v) is 8.41. The summed E-state index contributed by atoms with van der Waals surface area (Å²) in [4.78, 5) is 8.53. The Labute approximate surface area is 83.2 Å². The van der Waals surface area contributed by atoms with Gasteiger partial charge in [-0.2, -0.15) is 0 Å². The highest BCUT2D eigenvalue weighted by Gasteiger charge is 1.98. The highest BCUT2D eigenvalue weighted by molar-refractivity contribution is 5.79. The van der Waals surface area contributed by atoms with Crippen molar-refractivity contribution >= 4 is 16.9 Å². The van der Waals surface area contributed by atoms with Crippen LogP contribution in [0.4, 0.5) is 5.95 Å². The zero-order valence-electron chi connectivity index (χ0n) is 8.41. The first-order valence-electron chi connectivity index (χ1n) is 4.77. The average molecular weight is 187 g/mol. The quantitative estimate of drug-likeness (QED) is 0.783. The normalized spacial score (nSPS) is 10.4. The van der Waals surface area contributed by atoms with Crippen molar-refractivity contribution in [2.45, 2.75) is 13.3 Å². The third kappa shape index (κ3) is 1.53. The molecular formula is C11H13N3. The van der Waals surface area contributed by atoms with Gasteiger partial charge in [-0.25, -0.2) is 9.97 Å². The van der Waals surface area contributed by atoms with Crippen LogP contribution in [0.5, 0.6) is 0 Å². The van der Waals surface area contributed by atoms with E-state index in [0.29, 0.717) is 5.95 Å². The van der Waals surface area contributed by atoms with E-state index < -0.39 is 0 Å². The fraction of sp³-hybridized carbons (Fsp3) is 0.273. The van der Waals surface area contributed by atoms with Gasteiger partial charge in [0, 0.05) is 18.6 Å². The molecule has 0 aliphatic carbocycles. The predicted octanol–water partition coefficient (Wildman–Crippen LogP) is 2.23. The summed E-state index contributed by atoms with van der Waals surface area (Å²) in [6.07, 6.45) is 2.90. The third-order valence-electron chi connectivity index (χ3n) is 2.28. The Kier molecular flexibility index (Phi) is 2.31. The summed E-state index contributed by atoms with van der Waals surface area (Å²) in [6.45, 7) is 2.14. The van der Waals surface area contributed by atoms with Crippen molar-refractivity contribution in [1.29, 1.82) is 0 Å². The van der Waals surface area contributed by atoms with E-state index >= 15 is 0 Å². The van der Waals surface area contributed by atoms with Crippen molar-refractivity contribution in [1.82, 2.24) is 9.97 Å². The molecule has 1 aromatic heterocycles. The Morgan fingerprint density at radius 3 is 2.93 bits per heavy atom. The second-order valence-corrected chi connectivity index (χ2v) is 3.19. The van der Waals surface area contributed by atoms with Crippen molar-refractivity contribution in [3.8, 4) is 0 Å². The number of aryl methyl sites for hydroxylation is 1. The van der Waals surface area contributed by atoms with Gasteiger partial charge in [0.2, 0.25) is 5.95 Å². The maximum absolute atomic E-state index is 4.35. The molecule has 14 heavy (non-hydrogen) atoms. The lowest BCUT2D eigenvalue weighted by atomic mass is 10.1. The molecule has 0 unspecified atom stereocenters. The number of fused-ring (bicyclic) bond motifs is 1. The number of benzene rings is 1. The second-order valence-electron chi connectivity index (χ2n) is 3.19. The second kappa shape index (κ2) is 3.62. The highest BCUT2D eigenvalue weighted by Crippen LogP contribution is 2.14. The standard InChI is InChI=1S/C11H13N3/c1-3-8-4-5-10-9(6-8)7-13-11(12-2)14-10/h4-7H,3H2,1-2H3,(H,12,13,14). The van der Waals surface area contributed by atoms with Gasteiger partial charge in [-0.05, 0) is 24.1 Å². The van der Waals surface area contributed by atoms with E-state index in [2.05, 4.69) is 34.3 Å². The molecule has 0 saturated heterocycles. The summed E-state index contributed by atoms with van der Waals surface area (Å²) in [7, 11) is 1.82. The molecule has 1 heterocycles. The molecule has 0 atom stereocenters. The van der Waals surface area contributed by atoms with E-state index in [1.807, 2.05) is 19.3 Å². The van der Waals surface area contributed by atoms with Gasteiger partial charge in [0.25, 0.3) is 0 Å². The minimum Gasteiger partial charge on any atom is -0.357 e. The van der Waals surface area contributed by atoms with E-state index in [4.69, 9.17) is 0 Å².